The number of fused-ring (bicyclic) bond motifs is 1. The summed E-state index contributed by atoms with van der Waals surface area (Å²) >= 11 is 0. The number of rotatable bonds is 5. The largest absolute Gasteiger partial charge is 0.479 e. The summed E-state index contributed by atoms with van der Waals surface area (Å²) in [4.78, 5) is 23.9. The second kappa shape index (κ2) is 7.21. The maximum atomic E-state index is 12.1. The normalized spacial score (nSPS) is 11.9. The van der Waals surface area contributed by atoms with Crippen LogP contribution in [-0.2, 0) is 16.1 Å². The molecule has 5 nitrogen and oxygen atoms in total. The Balaban J connectivity index is 1.72. The molecule has 0 aliphatic heterocycles. The van der Waals surface area contributed by atoms with Gasteiger partial charge in [-0.2, -0.15) is 0 Å². The molecular weight excluding hydrogens is 320 g/mol. The van der Waals surface area contributed by atoms with Crippen LogP contribution in [0.4, 0.5) is 0 Å². The minimum absolute atomic E-state index is 0.0213. The predicted molar refractivity (Wildman–Crippen MR) is 93.5 cm³/mol. The summed E-state index contributed by atoms with van der Waals surface area (Å²) in [5, 5.41) is 0.745. The average molecular weight is 338 g/mol. The lowest BCUT2D eigenvalue weighted by molar-refractivity contribution is -0.152. The first-order valence-corrected chi connectivity index (χ1v) is 7.94. The van der Waals surface area contributed by atoms with Crippen molar-refractivity contribution in [2.45, 2.75) is 26.6 Å². The summed E-state index contributed by atoms with van der Waals surface area (Å²) in [5.74, 6) is 0.0885. The predicted octanol–water partition coefficient (Wildman–Crippen LogP) is 3.61. The second-order valence-electron chi connectivity index (χ2n) is 5.77. The van der Waals surface area contributed by atoms with E-state index in [4.69, 9.17) is 13.9 Å². The van der Waals surface area contributed by atoms with Gasteiger partial charge < -0.3 is 13.9 Å². The molecule has 0 spiro atoms. The van der Waals surface area contributed by atoms with Crippen LogP contribution in [0.2, 0.25) is 0 Å². The van der Waals surface area contributed by atoms with Crippen molar-refractivity contribution in [3.8, 4) is 5.75 Å². The Morgan fingerprint density at radius 2 is 1.88 bits per heavy atom. The number of carbonyl (C=O) groups excluding carboxylic acids is 1. The van der Waals surface area contributed by atoms with Crippen LogP contribution in [0.3, 0.4) is 0 Å². The van der Waals surface area contributed by atoms with Gasteiger partial charge in [0.05, 0.1) is 0 Å². The molecule has 1 atom stereocenters. The van der Waals surface area contributed by atoms with E-state index in [1.54, 1.807) is 25.1 Å². The van der Waals surface area contributed by atoms with E-state index in [1.807, 2.05) is 37.3 Å². The summed E-state index contributed by atoms with van der Waals surface area (Å²) in [6.07, 6.45) is -0.754. The molecule has 5 heteroatoms. The van der Waals surface area contributed by atoms with E-state index in [2.05, 4.69) is 0 Å². The van der Waals surface area contributed by atoms with Crippen LogP contribution in [-0.4, -0.2) is 12.1 Å². The molecule has 2 aromatic carbocycles. The van der Waals surface area contributed by atoms with E-state index < -0.39 is 17.7 Å². The molecule has 0 saturated carbocycles. The molecule has 0 N–H and O–H groups in total. The smallest absolute Gasteiger partial charge is 0.347 e. The lowest BCUT2D eigenvalue weighted by atomic mass is 10.1. The first-order chi connectivity index (χ1) is 12.0. The molecule has 128 valence electrons. The van der Waals surface area contributed by atoms with E-state index in [0.717, 1.165) is 10.9 Å². The third-order valence-corrected chi connectivity index (χ3v) is 3.74. The fourth-order valence-electron chi connectivity index (χ4n) is 2.47. The summed E-state index contributed by atoms with van der Waals surface area (Å²) in [6, 6.07) is 15.9. The Hall–Kier alpha value is -3.08. The van der Waals surface area contributed by atoms with Crippen molar-refractivity contribution in [1.82, 2.24) is 0 Å². The average Bonchev–Trinajstić information content (AvgIpc) is 2.59. The van der Waals surface area contributed by atoms with Crippen molar-refractivity contribution in [1.29, 1.82) is 0 Å². The first-order valence-electron chi connectivity index (χ1n) is 7.94. The molecule has 3 aromatic rings. The Kier molecular flexibility index (Phi) is 4.84. The van der Waals surface area contributed by atoms with Crippen LogP contribution in [0.25, 0.3) is 11.0 Å². The summed E-state index contributed by atoms with van der Waals surface area (Å²) < 4.78 is 16.0. The number of aryl methyl sites for hydroxylation is 1. The van der Waals surface area contributed by atoms with Crippen LogP contribution >= 0.6 is 0 Å². The third-order valence-electron chi connectivity index (χ3n) is 3.74. The van der Waals surface area contributed by atoms with Gasteiger partial charge in [-0.25, -0.2) is 9.59 Å². The molecule has 0 bridgehead atoms. The van der Waals surface area contributed by atoms with Crippen molar-refractivity contribution in [2.75, 3.05) is 0 Å². The van der Waals surface area contributed by atoms with Crippen molar-refractivity contribution < 1.29 is 18.7 Å². The quantitative estimate of drug-likeness (QED) is 0.525. The van der Waals surface area contributed by atoms with E-state index >= 15 is 0 Å². The molecule has 0 radical (unpaired) electrons. The zero-order valence-corrected chi connectivity index (χ0v) is 14.0. The molecule has 1 aromatic heterocycles. The molecule has 25 heavy (non-hydrogen) atoms. The van der Waals surface area contributed by atoms with Crippen LogP contribution in [0, 0.1) is 6.92 Å². The van der Waals surface area contributed by atoms with Crippen molar-refractivity contribution in [3.63, 3.8) is 0 Å². The van der Waals surface area contributed by atoms with Gasteiger partial charge in [0.15, 0.2) is 6.10 Å². The standard InChI is InChI=1S/C20H18O5/c1-13-8-9-17-15(11-19(21)25-18(17)10-13)12-23-20(22)14(2)24-16-6-4-3-5-7-16/h3-11,14H,12H2,1-2H3/t14-/m0/s1. The van der Waals surface area contributed by atoms with Gasteiger partial charge in [0.1, 0.15) is 17.9 Å². The molecule has 0 saturated heterocycles. The van der Waals surface area contributed by atoms with E-state index in [9.17, 15) is 9.59 Å². The van der Waals surface area contributed by atoms with Gasteiger partial charge in [-0.15, -0.1) is 0 Å². The molecule has 0 unspecified atom stereocenters. The molecule has 1 heterocycles. The Morgan fingerprint density at radius 1 is 1.12 bits per heavy atom. The van der Waals surface area contributed by atoms with E-state index in [0.29, 0.717) is 16.9 Å². The zero-order valence-electron chi connectivity index (χ0n) is 14.0. The van der Waals surface area contributed by atoms with Gasteiger partial charge >= 0.3 is 11.6 Å². The molecule has 0 aliphatic rings. The van der Waals surface area contributed by atoms with Gasteiger partial charge in [-0.1, -0.05) is 30.3 Å². The highest BCUT2D eigenvalue weighted by Crippen LogP contribution is 2.19. The SMILES string of the molecule is Cc1ccc2c(COC(=O)[C@H](C)Oc3ccccc3)cc(=O)oc2c1. The van der Waals surface area contributed by atoms with Crippen molar-refractivity contribution in [2.24, 2.45) is 0 Å². The molecule has 0 fully saturated rings. The van der Waals surface area contributed by atoms with Crippen LogP contribution in [0.15, 0.2) is 63.8 Å². The lowest BCUT2D eigenvalue weighted by Gasteiger charge is -2.14. The first kappa shape index (κ1) is 16.8. The van der Waals surface area contributed by atoms with Gasteiger partial charge in [-0.3, -0.25) is 0 Å². The highest BCUT2D eigenvalue weighted by molar-refractivity contribution is 5.81. The third kappa shape index (κ3) is 4.07. The maximum absolute atomic E-state index is 12.1. The molecule has 0 amide bonds. The Morgan fingerprint density at radius 3 is 2.64 bits per heavy atom. The monoisotopic (exact) mass is 338 g/mol. The number of benzene rings is 2. The van der Waals surface area contributed by atoms with Crippen molar-refractivity contribution in [3.05, 3.63) is 76.1 Å². The maximum Gasteiger partial charge on any atom is 0.347 e. The minimum atomic E-state index is -0.754. The number of ether oxygens (including phenoxy) is 2. The van der Waals surface area contributed by atoms with Crippen LogP contribution in [0.5, 0.6) is 5.75 Å². The fourth-order valence-corrected chi connectivity index (χ4v) is 2.47. The molecular formula is C20H18O5. The van der Waals surface area contributed by atoms with Gasteiger partial charge in [0.2, 0.25) is 0 Å². The second-order valence-corrected chi connectivity index (χ2v) is 5.77. The van der Waals surface area contributed by atoms with E-state index in [-0.39, 0.29) is 6.61 Å². The topological polar surface area (TPSA) is 65.7 Å². The lowest BCUT2D eigenvalue weighted by Crippen LogP contribution is -2.26. The fraction of sp³-hybridized carbons (Fsp3) is 0.200. The number of hydrogen-bond acceptors (Lipinski definition) is 5. The highest BCUT2D eigenvalue weighted by Gasteiger charge is 2.17. The van der Waals surface area contributed by atoms with Crippen LogP contribution < -0.4 is 10.4 Å². The van der Waals surface area contributed by atoms with Crippen molar-refractivity contribution >= 4 is 16.9 Å². The Bertz CT molecular complexity index is 943. The number of hydrogen-bond donors (Lipinski definition) is 0. The van der Waals surface area contributed by atoms with Crippen LogP contribution in [0.1, 0.15) is 18.1 Å². The van der Waals surface area contributed by atoms with Gasteiger partial charge in [-0.05, 0) is 37.6 Å². The Labute approximate surface area is 144 Å². The summed E-state index contributed by atoms with van der Waals surface area (Å²) in [5.41, 5.74) is 1.59. The number of carbonyl (C=O) groups is 1. The highest BCUT2D eigenvalue weighted by atomic mass is 16.6. The molecule has 0 aliphatic carbocycles. The van der Waals surface area contributed by atoms with E-state index in [1.165, 1.54) is 6.07 Å². The zero-order chi connectivity index (χ0) is 17.8. The van der Waals surface area contributed by atoms with Gasteiger partial charge in [0.25, 0.3) is 0 Å². The summed E-state index contributed by atoms with van der Waals surface area (Å²) in [6.45, 7) is 3.51. The molecule has 3 rings (SSSR count). The summed E-state index contributed by atoms with van der Waals surface area (Å²) in [7, 11) is 0. The number of para-hydroxylation sites is 1. The number of esters is 1. The minimum Gasteiger partial charge on any atom is -0.479 e. The van der Waals surface area contributed by atoms with Gasteiger partial charge in [0, 0.05) is 17.0 Å².